The van der Waals surface area contributed by atoms with Gasteiger partial charge in [-0.15, -0.1) is 11.3 Å². The highest BCUT2D eigenvalue weighted by Crippen LogP contribution is 2.34. The van der Waals surface area contributed by atoms with Crippen LogP contribution in [0, 0.1) is 6.92 Å². The summed E-state index contributed by atoms with van der Waals surface area (Å²) in [4.78, 5) is 36.4. The van der Waals surface area contributed by atoms with Gasteiger partial charge in [-0.1, -0.05) is 6.92 Å². The first-order chi connectivity index (χ1) is 11.8. The number of carboxylic acid groups (broad SMARTS) is 1. The third-order valence-corrected chi connectivity index (χ3v) is 4.84. The van der Waals surface area contributed by atoms with Gasteiger partial charge in [0.25, 0.3) is 5.91 Å². The van der Waals surface area contributed by atoms with E-state index in [2.05, 4.69) is 10.4 Å². The molecule has 1 unspecified atom stereocenters. The maximum Gasteiger partial charge on any atom is 0.341 e. The van der Waals surface area contributed by atoms with Crippen molar-refractivity contribution in [2.75, 3.05) is 12.4 Å². The van der Waals surface area contributed by atoms with Crippen LogP contribution in [0.5, 0.6) is 0 Å². The molecule has 25 heavy (non-hydrogen) atoms. The van der Waals surface area contributed by atoms with Crippen molar-refractivity contribution in [3.63, 3.8) is 0 Å². The highest BCUT2D eigenvalue weighted by atomic mass is 32.1. The molecule has 0 aliphatic carbocycles. The van der Waals surface area contributed by atoms with E-state index in [1.165, 1.54) is 42.3 Å². The molecule has 134 valence electrons. The Morgan fingerprint density at radius 1 is 1.44 bits per heavy atom. The lowest BCUT2D eigenvalue weighted by Gasteiger charge is -2.07. The molecule has 1 atom stereocenters. The summed E-state index contributed by atoms with van der Waals surface area (Å²) in [6, 6.07) is 0.538. The summed E-state index contributed by atoms with van der Waals surface area (Å²) < 4.78 is 6.00. The number of hydrogen-bond donors (Lipinski definition) is 2. The zero-order valence-corrected chi connectivity index (χ0v) is 15.1. The van der Waals surface area contributed by atoms with Crippen LogP contribution in [0.3, 0.4) is 0 Å². The summed E-state index contributed by atoms with van der Waals surface area (Å²) in [6.45, 7) is 5.25. The van der Waals surface area contributed by atoms with E-state index in [9.17, 15) is 14.4 Å². The molecule has 0 saturated carbocycles. The van der Waals surface area contributed by atoms with E-state index in [1.54, 1.807) is 0 Å². The van der Waals surface area contributed by atoms with Gasteiger partial charge in [-0.2, -0.15) is 5.10 Å². The van der Waals surface area contributed by atoms with Gasteiger partial charge in [-0.05, 0) is 31.9 Å². The Balaban J connectivity index is 2.29. The van der Waals surface area contributed by atoms with Crippen molar-refractivity contribution in [2.24, 2.45) is 0 Å². The van der Waals surface area contributed by atoms with Gasteiger partial charge in [0.15, 0.2) is 5.69 Å². The van der Waals surface area contributed by atoms with Crippen molar-refractivity contribution in [3.8, 4) is 0 Å². The van der Waals surface area contributed by atoms with Crippen molar-refractivity contribution in [1.82, 2.24) is 9.78 Å². The van der Waals surface area contributed by atoms with Gasteiger partial charge in [-0.25, -0.2) is 9.59 Å². The Bertz CT molecular complexity index is 824. The summed E-state index contributed by atoms with van der Waals surface area (Å²) in [5, 5.41) is 16.0. The minimum Gasteiger partial charge on any atom is -0.480 e. The van der Waals surface area contributed by atoms with Gasteiger partial charge >= 0.3 is 11.9 Å². The van der Waals surface area contributed by atoms with E-state index in [-0.39, 0.29) is 5.69 Å². The third-order valence-electron chi connectivity index (χ3n) is 3.77. The van der Waals surface area contributed by atoms with Crippen molar-refractivity contribution in [2.45, 2.75) is 33.2 Å². The number of rotatable bonds is 6. The fourth-order valence-electron chi connectivity index (χ4n) is 2.37. The van der Waals surface area contributed by atoms with Crippen LogP contribution in [0.1, 0.15) is 51.2 Å². The summed E-state index contributed by atoms with van der Waals surface area (Å²) >= 11 is 1.29. The third kappa shape index (κ3) is 3.71. The first-order valence-corrected chi connectivity index (χ1v) is 8.41. The van der Waals surface area contributed by atoms with Crippen LogP contribution in [-0.4, -0.2) is 39.8 Å². The number of aryl methyl sites for hydroxylation is 1. The van der Waals surface area contributed by atoms with Crippen LogP contribution in [-0.2, 0) is 16.0 Å². The number of anilines is 1. The van der Waals surface area contributed by atoms with E-state index in [1.807, 2.05) is 13.8 Å². The quantitative estimate of drug-likeness (QED) is 0.761. The number of hydrogen-bond acceptors (Lipinski definition) is 6. The predicted molar refractivity (Wildman–Crippen MR) is 92.3 cm³/mol. The smallest absolute Gasteiger partial charge is 0.341 e. The number of methoxy groups -OCH3 is 1. The van der Waals surface area contributed by atoms with E-state index in [0.717, 1.165) is 10.4 Å². The number of carboxylic acids is 1. The minimum atomic E-state index is -1.05. The Labute approximate surface area is 148 Å². The molecule has 2 heterocycles. The SMILES string of the molecule is CCc1c(C)sc(NC(=O)c2ccn(C(C)C(=O)O)n2)c1C(=O)OC. The van der Waals surface area contributed by atoms with Crippen LogP contribution in [0.15, 0.2) is 12.3 Å². The summed E-state index contributed by atoms with van der Waals surface area (Å²) in [6.07, 6.45) is 2.06. The second-order valence-electron chi connectivity index (χ2n) is 5.34. The largest absolute Gasteiger partial charge is 0.480 e. The second-order valence-corrected chi connectivity index (χ2v) is 6.56. The Kier molecular flexibility index (Phi) is 5.58. The zero-order chi connectivity index (χ0) is 18.7. The molecule has 2 aromatic rings. The first-order valence-electron chi connectivity index (χ1n) is 7.60. The highest BCUT2D eigenvalue weighted by Gasteiger charge is 2.24. The molecule has 9 heteroatoms. The average Bonchev–Trinajstić information content (AvgIpc) is 3.17. The van der Waals surface area contributed by atoms with E-state index >= 15 is 0 Å². The maximum absolute atomic E-state index is 12.4. The van der Waals surface area contributed by atoms with Crippen molar-refractivity contribution >= 4 is 34.2 Å². The van der Waals surface area contributed by atoms with E-state index in [0.29, 0.717) is 17.0 Å². The monoisotopic (exact) mass is 365 g/mol. The average molecular weight is 365 g/mol. The maximum atomic E-state index is 12.4. The summed E-state index contributed by atoms with van der Waals surface area (Å²) in [5.74, 6) is -2.09. The normalized spacial score (nSPS) is 11.8. The molecule has 0 radical (unpaired) electrons. The molecule has 2 N–H and O–H groups in total. The molecule has 0 spiro atoms. The molecule has 2 rings (SSSR count). The molecular weight excluding hydrogens is 346 g/mol. The Morgan fingerprint density at radius 2 is 2.12 bits per heavy atom. The molecule has 8 nitrogen and oxygen atoms in total. The molecule has 2 aromatic heterocycles. The van der Waals surface area contributed by atoms with Gasteiger partial charge in [0.1, 0.15) is 11.0 Å². The van der Waals surface area contributed by atoms with Crippen molar-refractivity contribution in [1.29, 1.82) is 0 Å². The molecule has 0 saturated heterocycles. The number of ether oxygens (including phenoxy) is 1. The molecule has 0 aliphatic rings. The van der Waals surface area contributed by atoms with Crippen LogP contribution >= 0.6 is 11.3 Å². The van der Waals surface area contributed by atoms with Gasteiger partial charge in [-0.3, -0.25) is 9.48 Å². The molecule has 0 bridgehead atoms. The summed E-state index contributed by atoms with van der Waals surface area (Å²) in [7, 11) is 1.29. The number of carbonyl (C=O) groups is 3. The summed E-state index contributed by atoms with van der Waals surface area (Å²) in [5.41, 5.74) is 1.24. The number of thiophene rings is 1. The van der Waals surface area contributed by atoms with Crippen molar-refractivity contribution in [3.05, 3.63) is 34.0 Å². The topological polar surface area (TPSA) is 111 Å². The Morgan fingerprint density at radius 3 is 2.68 bits per heavy atom. The van der Waals surface area contributed by atoms with Gasteiger partial charge in [0.2, 0.25) is 0 Å². The number of carbonyl (C=O) groups excluding carboxylic acids is 2. The van der Waals surface area contributed by atoms with E-state index in [4.69, 9.17) is 9.84 Å². The number of aromatic nitrogens is 2. The Hall–Kier alpha value is -2.68. The minimum absolute atomic E-state index is 0.0630. The number of esters is 1. The molecule has 0 fully saturated rings. The molecular formula is C16H19N3O5S. The number of aliphatic carboxylic acids is 1. The van der Waals surface area contributed by atoms with Crippen molar-refractivity contribution < 1.29 is 24.2 Å². The fourth-order valence-corrected chi connectivity index (χ4v) is 3.49. The van der Waals surface area contributed by atoms with E-state index < -0.39 is 23.9 Å². The standard InChI is InChI=1S/C16H19N3O5S/c1-5-10-9(3)25-14(12(10)16(23)24-4)17-13(20)11-6-7-19(18-11)8(2)15(21)22/h6-8H,5H2,1-4H3,(H,17,20)(H,21,22). The predicted octanol–water partition coefficient (Wildman–Crippen LogP) is 2.50. The van der Waals surface area contributed by atoms with Crippen LogP contribution in [0.4, 0.5) is 5.00 Å². The molecule has 0 aromatic carbocycles. The molecule has 1 amide bonds. The number of nitrogens with one attached hydrogen (secondary N) is 1. The fraction of sp³-hybridized carbons (Fsp3) is 0.375. The molecule has 0 aliphatic heterocycles. The zero-order valence-electron chi connectivity index (χ0n) is 14.3. The van der Waals surface area contributed by atoms with Crippen LogP contribution in [0.2, 0.25) is 0 Å². The highest BCUT2D eigenvalue weighted by molar-refractivity contribution is 7.16. The van der Waals surface area contributed by atoms with Crippen LogP contribution in [0.25, 0.3) is 0 Å². The first kappa shape index (κ1) is 18.7. The lowest BCUT2D eigenvalue weighted by Crippen LogP contribution is -2.18. The lowest BCUT2D eigenvalue weighted by atomic mass is 10.1. The second kappa shape index (κ2) is 7.47. The van der Waals surface area contributed by atoms with Crippen LogP contribution < -0.4 is 5.32 Å². The number of nitrogens with zero attached hydrogens (tertiary/aromatic N) is 2. The van der Waals surface area contributed by atoms with Gasteiger partial charge in [0.05, 0.1) is 12.7 Å². The lowest BCUT2D eigenvalue weighted by molar-refractivity contribution is -0.140. The van der Waals surface area contributed by atoms with Gasteiger partial charge < -0.3 is 15.2 Å². The van der Waals surface area contributed by atoms with Gasteiger partial charge in [0, 0.05) is 11.1 Å². The number of amides is 1.